The van der Waals surface area contributed by atoms with Gasteiger partial charge in [-0.25, -0.2) is 0 Å². The van der Waals surface area contributed by atoms with Crippen LogP contribution in [-0.4, -0.2) is 46.5 Å². The number of amides is 2. The van der Waals surface area contributed by atoms with Crippen LogP contribution >= 0.6 is 0 Å². The Labute approximate surface area is 164 Å². The van der Waals surface area contributed by atoms with Crippen LogP contribution in [0.25, 0.3) is 6.08 Å². The summed E-state index contributed by atoms with van der Waals surface area (Å²) in [6.45, 7) is 3.97. The van der Waals surface area contributed by atoms with Crippen LogP contribution in [0.3, 0.4) is 0 Å². The van der Waals surface area contributed by atoms with Gasteiger partial charge in [0.15, 0.2) is 5.82 Å². The van der Waals surface area contributed by atoms with Crippen LogP contribution in [0.1, 0.15) is 48.9 Å². The highest BCUT2D eigenvalue weighted by Gasteiger charge is 2.26. The lowest BCUT2D eigenvalue weighted by Gasteiger charge is -2.29. The Morgan fingerprint density at radius 2 is 1.93 bits per heavy atom. The molecule has 0 unspecified atom stereocenters. The summed E-state index contributed by atoms with van der Waals surface area (Å²) in [6.07, 6.45) is 6.65. The first-order valence-electron chi connectivity index (χ1n) is 9.78. The van der Waals surface area contributed by atoms with E-state index >= 15 is 0 Å². The molecule has 0 aliphatic carbocycles. The number of anilines is 1. The Kier molecular flexibility index (Phi) is 5.23. The highest BCUT2D eigenvalue weighted by molar-refractivity contribution is 5.95. The standard InChI is InChI=1S/C21H24N4O3/c1-15-22-21(28-23-15)17-10-13-24(14-11-17)19(26)9-6-16-4-7-18(8-5-16)25-12-2-3-20(25)27/h4-9,17H,2-3,10-14H2,1H3/b9-6+. The van der Waals surface area contributed by atoms with Crippen LogP contribution in [0.2, 0.25) is 0 Å². The molecule has 1 aromatic heterocycles. The molecule has 2 aliphatic heterocycles. The van der Waals surface area contributed by atoms with Crippen molar-refractivity contribution in [2.75, 3.05) is 24.5 Å². The molecule has 2 fully saturated rings. The second-order valence-electron chi connectivity index (χ2n) is 7.35. The maximum Gasteiger partial charge on any atom is 0.246 e. The van der Waals surface area contributed by atoms with E-state index in [1.807, 2.05) is 47.1 Å². The van der Waals surface area contributed by atoms with Crippen molar-refractivity contribution in [3.8, 4) is 0 Å². The average molecular weight is 380 g/mol. The zero-order valence-electron chi connectivity index (χ0n) is 16.0. The SMILES string of the molecule is Cc1noc(C2CCN(C(=O)/C=C/c3ccc(N4CCCC4=O)cc3)CC2)n1. The molecule has 7 nitrogen and oxygen atoms in total. The van der Waals surface area contributed by atoms with Gasteiger partial charge in [-0.2, -0.15) is 4.98 Å². The topological polar surface area (TPSA) is 79.5 Å². The lowest BCUT2D eigenvalue weighted by Crippen LogP contribution is -2.36. The van der Waals surface area contributed by atoms with Crippen LogP contribution < -0.4 is 4.90 Å². The largest absolute Gasteiger partial charge is 0.339 e. The van der Waals surface area contributed by atoms with Gasteiger partial charge in [-0.05, 0) is 50.0 Å². The smallest absolute Gasteiger partial charge is 0.246 e. The first-order valence-corrected chi connectivity index (χ1v) is 9.78. The molecule has 1 aromatic carbocycles. The zero-order valence-corrected chi connectivity index (χ0v) is 16.0. The van der Waals surface area contributed by atoms with Crippen molar-refractivity contribution in [1.29, 1.82) is 0 Å². The van der Waals surface area contributed by atoms with Crippen molar-refractivity contribution >= 4 is 23.6 Å². The van der Waals surface area contributed by atoms with Crippen molar-refractivity contribution < 1.29 is 14.1 Å². The first kappa shape index (κ1) is 18.4. The van der Waals surface area contributed by atoms with Gasteiger partial charge in [0, 0.05) is 43.7 Å². The van der Waals surface area contributed by atoms with Gasteiger partial charge < -0.3 is 14.3 Å². The molecule has 146 valence electrons. The molecule has 0 spiro atoms. The minimum atomic E-state index is 0.0129. The third-order valence-electron chi connectivity index (χ3n) is 5.40. The molecule has 0 radical (unpaired) electrons. The second kappa shape index (κ2) is 7.96. The quantitative estimate of drug-likeness (QED) is 0.762. The van der Waals surface area contributed by atoms with E-state index < -0.39 is 0 Å². The lowest BCUT2D eigenvalue weighted by atomic mass is 9.96. The summed E-state index contributed by atoms with van der Waals surface area (Å²) < 4.78 is 5.25. The van der Waals surface area contributed by atoms with E-state index in [0.717, 1.165) is 37.1 Å². The monoisotopic (exact) mass is 380 g/mol. The molecular formula is C21H24N4O3. The van der Waals surface area contributed by atoms with Gasteiger partial charge in [-0.15, -0.1) is 0 Å². The maximum atomic E-state index is 12.5. The Morgan fingerprint density at radius 1 is 1.18 bits per heavy atom. The number of nitrogens with zero attached hydrogens (tertiary/aromatic N) is 4. The highest BCUT2D eigenvalue weighted by Crippen LogP contribution is 2.27. The normalized spacial score (nSPS) is 18.4. The number of benzene rings is 1. The minimum Gasteiger partial charge on any atom is -0.339 e. The number of carbonyl (C=O) groups is 2. The van der Waals surface area contributed by atoms with Crippen molar-refractivity contribution in [3.63, 3.8) is 0 Å². The number of carbonyl (C=O) groups excluding carboxylic acids is 2. The summed E-state index contributed by atoms with van der Waals surface area (Å²) >= 11 is 0. The maximum absolute atomic E-state index is 12.5. The number of likely N-dealkylation sites (tertiary alicyclic amines) is 1. The summed E-state index contributed by atoms with van der Waals surface area (Å²) in [7, 11) is 0. The summed E-state index contributed by atoms with van der Waals surface area (Å²) in [6, 6.07) is 7.75. The van der Waals surface area contributed by atoms with Crippen LogP contribution in [0.15, 0.2) is 34.9 Å². The van der Waals surface area contributed by atoms with E-state index in [-0.39, 0.29) is 17.7 Å². The first-order chi connectivity index (χ1) is 13.6. The van der Waals surface area contributed by atoms with E-state index in [0.29, 0.717) is 31.2 Å². The molecular weight excluding hydrogens is 356 g/mol. The molecule has 28 heavy (non-hydrogen) atoms. The summed E-state index contributed by atoms with van der Waals surface area (Å²) in [5.41, 5.74) is 1.87. The number of aryl methyl sites for hydroxylation is 1. The molecule has 0 bridgehead atoms. The van der Waals surface area contributed by atoms with E-state index in [2.05, 4.69) is 10.1 Å². The molecule has 0 atom stereocenters. The van der Waals surface area contributed by atoms with Crippen molar-refractivity contribution in [3.05, 3.63) is 47.6 Å². The number of hydrogen-bond acceptors (Lipinski definition) is 5. The van der Waals surface area contributed by atoms with Crippen LogP contribution in [-0.2, 0) is 9.59 Å². The van der Waals surface area contributed by atoms with Gasteiger partial charge in [0.05, 0.1) is 0 Å². The van der Waals surface area contributed by atoms with E-state index in [4.69, 9.17) is 4.52 Å². The fourth-order valence-electron chi connectivity index (χ4n) is 3.79. The number of rotatable bonds is 4. The van der Waals surface area contributed by atoms with Gasteiger partial charge in [0.2, 0.25) is 17.7 Å². The molecule has 0 saturated carbocycles. The van der Waals surface area contributed by atoms with Crippen molar-refractivity contribution in [2.24, 2.45) is 0 Å². The molecule has 2 aliphatic rings. The zero-order chi connectivity index (χ0) is 19.5. The predicted octanol–water partition coefficient (Wildman–Crippen LogP) is 2.92. The second-order valence-corrected chi connectivity index (χ2v) is 7.35. The molecule has 4 rings (SSSR count). The molecule has 7 heteroatoms. The fraction of sp³-hybridized carbons (Fsp3) is 0.429. The molecule has 2 amide bonds. The lowest BCUT2D eigenvalue weighted by molar-refractivity contribution is -0.127. The van der Waals surface area contributed by atoms with E-state index in [1.54, 1.807) is 6.08 Å². The Hall–Kier alpha value is -2.96. The molecule has 2 aromatic rings. The van der Waals surface area contributed by atoms with Gasteiger partial charge in [0.1, 0.15) is 0 Å². The van der Waals surface area contributed by atoms with E-state index in [1.165, 1.54) is 0 Å². The summed E-state index contributed by atoms with van der Waals surface area (Å²) in [5.74, 6) is 1.75. The molecule has 0 N–H and O–H groups in total. The van der Waals surface area contributed by atoms with Gasteiger partial charge in [-0.3, -0.25) is 9.59 Å². The van der Waals surface area contributed by atoms with E-state index in [9.17, 15) is 9.59 Å². The Bertz CT molecular complexity index is 879. The third-order valence-corrected chi connectivity index (χ3v) is 5.40. The summed E-state index contributed by atoms with van der Waals surface area (Å²) in [5, 5.41) is 3.84. The van der Waals surface area contributed by atoms with Gasteiger partial charge in [-0.1, -0.05) is 17.3 Å². The van der Waals surface area contributed by atoms with Gasteiger partial charge in [0.25, 0.3) is 0 Å². The number of aromatic nitrogens is 2. The van der Waals surface area contributed by atoms with Crippen LogP contribution in [0.4, 0.5) is 5.69 Å². The van der Waals surface area contributed by atoms with Crippen LogP contribution in [0.5, 0.6) is 0 Å². The van der Waals surface area contributed by atoms with Crippen molar-refractivity contribution in [1.82, 2.24) is 15.0 Å². The molecule has 2 saturated heterocycles. The van der Waals surface area contributed by atoms with Crippen LogP contribution in [0, 0.1) is 6.92 Å². The third kappa shape index (κ3) is 3.98. The number of piperidine rings is 1. The highest BCUT2D eigenvalue weighted by atomic mass is 16.5. The predicted molar refractivity (Wildman–Crippen MR) is 105 cm³/mol. The van der Waals surface area contributed by atoms with Gasteiger partial charge >= 0.3 is 0 Å². The summed E-state index contributed by atoms with van der Waals surface area (Å²) in [4.78, 5) is 32.3. The Morgan fingerprint density at radius 3 is 2.54 bits per heavy atom. The fourth-order valence-corrected chi connectivity index (χ4v) is 3.79. The molecule has 3 heterocycles. The minimum absolute atomic E-state index is 0.0129. The van der Waals surface area contributed by atoms with Crippen molar-refractivity contribution in [2.45, 2.75) is 38.5 Å². The number of hydrogen-bond donors (Lipinski definition) is 0. The average Bonchev–Trinajstić information content (AvgIpc) is 3.35. The Balaban J connectivity index is 1.31.